The van der Waals surface area contributed by atoms with Crippen LogP contribution in [0.15, 0.2) is 12.2 Å². The van der Waals surface area contributed by atoms with Crippen LogP contribution < -0.4 is 5.11 Å². The maximum atomic E-state index is 9.49. The zero-order valence-corrected chi connectivity index (χ0v) is 25.3. The molecule has 5 nitrogen and oxygen atoms in total. The molecule has 0 aromatic rings. The second-order valence-corrected chi connectivity index (χ2v) is 8.87. The van der Waals surface area contributed by atoms with E-state index < -0.39 is 5.97 Å². The number of aliphatic hydroxyl groups excluding tert-OH is 3. The summed E-state index contributed by atoms with van der Waals surface area (Å²) in [7, 11) is 0. The molecule has 3 atom stereocenters. The van der Waals surface area contributed by atoms with Gasteiger partial charge in [0, 0.05) is 41.5 Å². The fourth-order valence-electron chi connectivity index (χ4n) is 2.75. The van der Waals surface area contributed by atoms with Crippen LogP contribution in [0.1, 0.15) is 126 Å². The molecule has 0 amide bonds. The molecule has 0 saturated heterocycles. The number of carboxylic acid groups (broad SMARTS) is 1. The van der Waals surface area contributed by atoms with Gasteiger partial charge in [0.05, 0.1) is 5.97 Å². The standard InChI is InChI=1S/3C8H18O.C4H6O2.Ti/c3*1-3-5-6-8(4-2)7-9;1-3(2)4(5)6;/h3*8-9H,3-7H2,1-2H3;1H2,2H3,(H,5,6);/p-1. The second-order valence-electron chi connectivity index (χ2n) is 8.87. The average molecular weight is 524 g/mol. The molecule has 0 aromatic heterocycles. The summed E-state index contributed by atoms with van der Waals surface area (Å²) in [6, 6.07) is 0. The number of aliphatic carboxylic acids is 1. The Kier molecular flexibility index (Phi) is 48.2. The zero-order chi connectivity index (χ0) is 26.5. The Bertz CT molecular complexity index is 329. The van der Waals surface area contributed by atoms with Crippen molar-refractivity contribution in [3.63, 3.8) is 0 Å². The molecule has 0 aromatic carbocycles. The maximum Gasteiger partial charge on any atom is 0.0666 e. The Labute approximate surface area is 227 Å². The fourth-order valence-corrected chi connectivity index (χ4v) is 2.75. The summed E-state index contributed by atoms with van der Waals surface area (Å²) >= 11 is 0. The maximum absolute atomic E-state index is 9.49. The summed E-state index contributed by atoms with van der Waals surface area (Å²) < 4.78 is 0. The van der Waals surface area contributed by atoms with E-state index in [0.717, 1.165) is 19.3 Å². The van der Waals surface area contributed by atoms with E-state index in [4.69, 9.17) is 15.3 Å². The summed E-state index contributed by atoms with van der Waals surface area (Å²) in [5.41, 5.74) is 0.0648. The van der Waals surface area contributed by atoms with Gasteiger partial charge < -0.3 is 25.2 Å². The molecule has 0 bridgehead atoms. The van der Waals surface area contributed by atoms with Crippen molar-refractivity contribution in [2.24, 2.45) is 17.8 Å². The third kappa shape index (κ3) is 39.0. The van der Waals surface area contributed by atoms with E-state index in [9.17, 15) is 9.90 Å². The summed E-state index contributed by atoms with van der Waals surface area (Å²) in [6.07, 6.45) is 14.5. The van der Waals surface area contributed by atoms with Gasteiger partial charge in [-0.05, 0) is 49.5 Å². The van der Waals surface area contributed by atoms with Gasteiger partial charge in [-0.3, -0.25) is 0 Å². The Morgan fingerprint density at radius 2 is 0.882 bits per heavy atom. The zero-order valence-electron chi connectivity index (χ0n) is 23.7. The van der Waals surface area contributed by atoms with E-state index >= 15 is 0 Å². The fraction of sp³-hybridized carbons (Fsp3) is 0.893. The van der Waals surface area contributed by atoms with Crippen molar-refractivity contribution in [3.8, 4) is 0 Å². The molecular formula is C28H59O5Ti-. The predicted octanol–water partition coefficient (Wildman–Crippen LogP) is 5.90. The predicted molar refractivity (Wildman–Crippen MR) is 141 cm³/mol. The van der Waals surface area contributed by atoms with Crippen LogP contribution in [0.4, 0.5) is 0 Å². The molecule has 0 radical (unpaired) electrons. The first-order valence-electron chi connectivity index (χ1n) is 13.4. The number of hydrogen-bond donors (Lipinski definition) is 3. The van der Waals surface area contributed by atoms with Gasteiger partial charge in [-0.15, -0.1) is 0 Å². The van der Waals surface area contributed by atoms with E-state index in [1.807, 2.05) is 0 Å². The van der Waals surface area contributed by atoms with Gasteiger partial charge in [-0.25, -0.2) is 0 Å². The van der Waals surface area contributed by atoms with E-state index in [0.29, 0.717) is 37.6 Å². The Hall–Kier alpha value is -0.196. The van der Waals surface area contributed by atoms with Crippen molar-refractivity contribution in [3.05, 3.63) is 12.2 Å². The van der Waals surface area contributed by atoms with Crippen molar-refractivity contribution < 1.29 is 46.9 Å². The molecule has 0 aliphatic rings. The van der Waals surface area contributed by atoms with E-state index in [1.165, 1.54) is 64.7 Å². The van der Waals surface area contributed by atoms with Crippen LogP contribution >= 0.6 is 0 Å². The van der Waals surface area contributed by atoms with E-state index in [-0.39, 0.29) is 27.3 Å². The van der Waals surface area contributed by atoms with Crippen LogP contribution in [0.5, 0.6) is 0 Å². The van der Waals surface area contributed by atoms with E-state index in [1.54, 1.807) is 0 Å². The molecule has 3 N–H and O–H groups in total. The van der Waals surface area contributed by atoms with Crippen LogP contribution in [-0.2, 0) is 26.5 Å². The van der Waals surface area contributed by atoms with Gasteiger partial charge in [0.1, 0.15) is 0 Å². The molecule has 0 fully saturated rings. The smallest absolute Gasteiger partial charge is 0.0666 e. The topological polar surface area (TPSA) is 101 Å². The number of carboxylic acids is 1. The first kappa shape index (κ1) is 43.8. The molecule has 6 heteroatoms. The average Bonchev–Trinajstić information content (AvgIpc) is 2.82. The minimum absolute atomic E-state index is 0. The van der Waals surface area contributed by atoms with Gasteiger partial charge in [-0.2, -0.15) is 0 Å². The van der Waals surface area contributed by atoms with Crippen molar-refractivity contribution in [2.45, 2.75) is 126 Å². The molecule has 3 unspecified atom stereocenters. The Morgan fingerprint density at radius 3 is 0.971 bits per heavy atom. The SMILES string of the molecule is C=C(C)C(=O)[O-].CCCCC(CC)CO.CCCCC(CC)CO.CCCCC(CC)CO.[Ti]. The minimum Gasteiger partial charge on any atom is -0.545 e. The number of hydrogen-bond acceptors (Lipinski definition) is 5. The summed E-state index contributed by atoms with van der Waals surface area (Å²) in [4.78, 5) is 9.49. The number of aliphatic hydroxyl groups is 3. The number of unbranched alkanes of at least 4 members (excludes halogenated alkanes) is 3. The molecule has 206 valence electrons. The summed E-state index contributed by atoms with van der Waals surface area (Å²) in [5, 5.41) is 35.7. The van der Waals surface area contributed by atoms with Crippen molar-refractivity contribution in [1.29, 1.82) is 0 Å². The third-order valence-electron chi connectivity index (χ3n) is 5.75. The van der Waals surface area contributed by atoms with Crippen LogP contribution in [0.25, 0.3) is 0 Å². The minimum atomic E-state index is -1.19. The normalized spacial score (nSPS) is 12.2. The molecule has 34 heavy (non-hydrogen) atoms. The Morgan fingerprint density at radius 1 is 0.676 bits per heavy atom. The van der Waals surface area contributed by atoms with Gasteiger partial charge in [0.15, 0.2) is 0 Å². The monoisotopic (exact) mass is 523 g/mol. The van der Waals surface area contributed by atoms with Crippen molar-refractivity contribution >= 4 is 5.97 Å². The van der Waals surface area contributed by atoms with Crippen molar-refractivity contribution in [1.82, 2.24) is 0 Å². The van der Waals surface area contributed by atoms with Crippen LogP contribution in [0.2, 0.25) is 0 Å². The first-order valence-corrected chi connectivity index (χ1v) is 13.4. The molecule has 0 aliphatic carbocycles. The summed E-state index contributed by atoms with van der Waals surface area (Å²) in [5.74, 6) is 0.495. The van der Waals surface area contributed by atoms with Gasteiger partial charge >= 0.3 is 0 Å². The molecular weight excluding hydrogens is 464 g/mol. The van der Waals surface area contributed by atoms with Gasteiger partial charge in [0.25, 0.3) is 0 Å². The first-order chi connectivity index (χ1) is 15.7. The molecule has 0 heterocycles. The van der Waals surface area contributed by atoms with E-state index in [2.05, 4.69) is 48.1 Å². The molecule has 0 aliphatic heterocycles. The largest absolute Gasteiger partial charge is 0.545 e. The molecule has 0 spiro atoms. The van der Waals surface area contributed by atoms with Crippen LogP contribution in [-0.4, -0.2) is 41.1 Å². The molecule has 0 rings (SSSR count). The van der Waals surface area contributed by atoms with Crippen molar-refractivity contribution in [2.75, 3.05) is 19.8 Å². The van der Waals surface area contributed by atoms with Gasteiger partial charge in [0.2, 0.25) is 0 Å². The summed E-state index contributed by atoms with van der Waals surface area (Å²) in [6.45, 7) is 18.6. The second kappa shape index (κ2) is 37.4. The van der Waals surface area contributed by atoms with Crippen LogP contribution in [0, 0.1) is 17.8 Å². The quantitative estimate of drug-likeness (QED) is 0.173. The number of carbonyl (C=O) groups excluding carboxylic acids is 1. The molecule has 0 saturated carbocycles. The van der Waals surface area contributed by atoms with Gasteiger partial charge in [-0.1, -0.05) is 106 Å². The number of rotatable bonds is 16. The number of carbonyl (C=O) groups is 1. The van der Waals surface area contributed by atoms with Crippen LogP contribution in [0.3, 0.4) is 0 Å². The Balaban J connectivity index is -0.000000110. The third-order valence-corrected chi connectivity index (χ3v) is 5.75.